The number of likely N-dealkylation sites (tertiary alicyclic amines) is 1. The lowest BCUT2D eigenvalue weighted by Gasteiger charge is -2.31. The van der Waals surface area contributed by atoms with Crippen LogP contribution in [0, 0.1) is 5.82 Å². The lowest BCUT2D eigenvalue weighted by Crippen LogP contribution is -2.43. The van der Waals surface area contributed by atoms with Gasteiger partial charge in [-0.2, -0.15) is 0 Å². The van der Waals surface area contributed by atoms with E-state index < -0.39 is 11.7 Å². The second-order valence-corrected chi connectivity index (χ2v) is 4.97. The summed E-state index contributed by atoms with van der Waals surface area (Å²) in [4.78, 5) is 13.5. The smallest absolute Gasteiger partial charge is 0.251 e. The maximum atomic E-state index is 13.3. The monoisotopic (exact) mass is 283 g/mol. The van der Waals surface area contributed by atoms with Crippen molar-refractivity contribution in [1.82, 2.24) is 4.90 Å². The van der Waals surface area contributed by atoms with Gasteiger partial charge in [-0.05, 0) is 17.7 Å². The number of hydrogen-bond acceptors (Lipinski definition) is 1. The van der Waals surface area contributed by atoms with Gasteiger partial charge in [-0.3, -0.25) is 4.79 Å². The molecule has 1 aliphatic heterocycles. The van der Waals surface area contributed by atoms with Crippen LogP contribution in [0.4, 0.5) is 13.2 Å². The number of benzene rings is 1. The minimum absolute atomic E-state index is 0.0708. The van der Waals surface area contributed by atoms with Gasteiger partial charge in [0.1, 0.15) is 5.82 Å². The second-order valence-electron chi connectivity index (χ2n) is 4.97. The first-order valence-corrected chi connectivity index (χ1v) is 6.48. The molecule has 1 saturated heterocycles. The van der Waals surface area contributed by atoms with Crippen LogP contribution in [0.1, 0.15) is 24.0 Å². The van der Waals surface area contributed by atoms with Gasteiger partial charge in [0, 0.05) is 31.5 Å². The van der Waals surface area contributed by atoms with Crippen molar-refractivity contribution in [2.75, 3.05) is 13.1 Å². The van der Waals surface area contributed by atoms with Crippen molar-refractivity contribution < 1.29 is 18.0 Å². The Hall–Kier alpha value is -1.78. The van der Waals surface area contributed by atoms with Crippen LogP contribution < -0.4 is 0 Å². The maximum absolute atomic E-state index is 13.3. The summed E-state index contributed by atoms with van der Waals surface area (Å²) >= 11 is 0. The summed E-state index contributed by atoms with van der Waals surface area (Å²) < 4.78 is 39.3. The molecule has 108 valence electrons. The van der Waals surface area contributed by atoms with Gasteiger partial charge in [-0.25, -0.2) is 13.2 Å². The topological polar surface area (TPSA) is 20.3 Å². The van der Waals surface area contributed by atoms with Crippen molar-refractivity contribution in [2.45, 2.75) is 25.2 Å². The minimum Gasteiger partial charge on any atom is -0.342 e. The third-order valence-corrected chi connectivity index (χ3v) is 3.48. The minimum atomic E-state index is -2.66. The number of nitrogens with zero attached hydrogens (tertiary/aromatic N) is 1. The highest BCUT2D eigenvalue weighted by Gasteiger charge is 2.35. The van der Waals surface area contributed by atoms with E-state index in [0.717, 1.165) is 0 Å². The van der Waals surface area contributed by atoms with Crippen molar-refractivity contribution >= 4 is 12.0 Å². The van der Waals surface area contributed by atoms with E-state index >= 15 is 0 Å². The van der Waals surface area contributed by atoms with Crippen LogP contribution in [0.5, 0.6) is 0 Å². The van der Waals surface area contributed by atoms with Crippen LogP contribution in [-0.2, 0) is 11.2 Å². The molecule has 2 nitrogen and oxygen atoms in total. The molecule has 0 aromatic heterocycles. The lowest BCUT2D eigenvalue weighted by atomic mass is 10.0. The molecule has 0 unspecified atom stereocenters. The second kappa shape index (κ2) is 5.69. The standard InChI is InChI=1S/C15H16F3NO/c1-2-12-9-11(3-4-13(12)16)10-14(20)19-7-5-15(17,18)6-8-19/h2-4,9H,1,5-8,10H2. The molecule has 1 aromatic rings. The van der Waals surface area contributed by atoms with Crippen molar-refractivity contribution in [3.8, 4) is 0 Å². The van der Waals surface area contributed by atoms with Crippen LogP contribution >= 0.6 is 0 Å². The summed E-state index contributed by atoms with van der Waals surface area (Å²) in [6, 6.07) is 4.36. The number of carbonyl (C=O) groups excluding carboxylic acids is 1. The maximum Gasteiger partial charge on any atom is 0.251 e. The van der Waals surface area contributed by atoms with Gasteiger partial charge in [0.25, 0.3) is 5.92 Å². The zero-order valence-electron chi connectivity index (χ0n) is 11.0. The fourth-order valence-electron chi connectivity index (χ4n) is 2.23. The first-order valence-electron chi connectivity index (χ1n) is 6.48. The molecule has 1 amide bonds. The van der Waals surface area contributed by atoms with E-state index in [1.54, 1.807) is 6.07 Å². The molecule has 0 atom stereocenters. The van der Waals surface area contributed by atoms with Gasteiger partial charge in [0.05, 0.1) is 6.42 Å². The highest BCUT2D eigenvalue weighted by molar-refractivity contribution is 5.79. The van der Waals surface area contributed by atoms with Gasteiger partial charge in [0.2, 0.25) is 5.91 Å². The summed E-state index contributed by atoms with van der Waals surface area (Å²) in [5, 5.41) is 0. The third-order valence-electron chi connectivity index (χ3n) is 3.48. The van der Waals surface area contributed by atoms with Gasteiger partial charge in [-0.1, -0.05) is 18.7 Å². The quantitative estimate of drug-likeness (QED) is 0.833. The number of halogens is 3. The van der Waals surface area contributed by atoms with E-state index in [0.29, 0.717) is 11.1 Å². The van der Waals surface area contributed by atoms with Crippen LogP contribution in [0.15, 0.2) is 24.8 Å². The number of alkyl halides is 2. The van der Waals surface area contributed by atoms with E-state index in [-0.39, 0.29) is 38.3 Å². The van der Waals surface area contributed by atoms with E-state index in [4.69, 9.17) is 0 Å². The molecular weight excluding hydrogens is 267 g/mol. The third kappa shape index (κ3) is 3.40. The van der Waals surface area contributed by atoms with Crippen LogP contribution in [0.2, 0.25) is 0 Å². The Bertz CT molecular complexity index is 518. The number of hydrogen-bond donors (Lipinski definition) is 0. The molecule has 0 saturated carbocycles. The first kappa shape index (κ1) is 14.6. The fourth-order valence-corrected chi connectivity index (χ4v) is 2.23. The molecule has 0 N–H and O–H groups in total. The highest BCUT2D eigenvalue weighted by atomic mass is 19.3. The first-order chi connectivity index (χ1) is 9.41. The zero-order chi connectivity index (χ0) is 14.8. The number of piperidine rings is 1. The average Bonchev–Trinajstić information content (AvgIpc) is 2.40. The van der Waals surface area contributed by atoms with E-state index in [9.17, 15) is 18.0 Å². The molecule has 0 radical (unpaired) electrons. The molecule has 1 heterocycles. The van der Waals surface area contributed by atoms with Crippen LogP contribution in [0.25, 0.3) is 6.08 Å². The molecule has 0 spiro atoms. The normalized spacial score (nSPS) is 17.9. The molecule has 1 aromatic carbocycles. The molecule has 1 aliphatic rings. The molecular formula is C15H16F3NO. The lowest BCUT2D eigenvalue weighted by molar-refractivity contribution is -0.136. The van der Waals surface area contributed by atoms with Gasteiger partial charge >= 0.3 is 0 Å². The van der Waals surface area contributed by atoms with Crippen LogP contribution in [-0.4, -0.2) is 29.8 Å². The molecule has 2 rings (SSSR count). The van der Waals surface area contributed by atoms with E-state index in [1.807, 2.05) is 0 Å². The Morgan fingerprint density at radius 2 is 2.00 bits per heavy atom. The van der Waals surface area contributed by atoms with Crippen LogP contribution in [0.3, 0.4) is 0 Å². The average molecular weight is 283 g/mol. The Labute approximate surface area is 115 Å². The Kier molecular flexibility index (Phi) is 4.16. The zero-order valence-corrected chi connectivity index (χ0v) is 11.0. The summed E-state index contributed by atoms with van der Waals surface area (Å²) in [7, 11) is 0. The largest absolute Gasteiger partial charge is 0.342 e. The van der Waals surface area contributed by atoms with Crippen molar-refractivity contribution in [3.05, 3.63) is 41.7 Å². The summed E-state index contributed by atoms with van der Waals surface area (Å²) in [5.41, 5.74) is 0.990. The van der Waals surface area contributed by atoms with Crippen molar-refractivity contribution in [1.29, 1.82) is 0 Å². The predicted octanol–water partition coefficient (Wildman–Crippen LogP) is 3.27. The van der Waals surface area contributed by atoms with Gasteiger partial charge in [0.15, 0.2) is 0 Å². The number of rotatable bonds is 3. The molecule has 1 fully saturated rings. The van der Waals surface area contributed by atoms with E-state index in [2.05, 4.69) is 6.58 Å². The van der Waals surface area contributed by atoms with E-state index in [1.165, 1.54) is 23.1 Å². The molecule has 0 bridgehead atoms. The summed E-state index contributed by atoms with van der Waals surface area (Å²) in [6.07, 6.45) is 0.886. The predicted molar refractivity (Wildman–Crippen MR) is 71.0 cm³/mol. The number of carbonyl (C=O) groups is 1. The SMILES string of the molecule is C=Cc1cc(CC(=O)N2CCC(F)(F)CC2)ccc1F. The summed E-state index contributed by atoms with van der Waals surface area (Å²) in [5.74, 6) is -3.27. The summed E-state index contributed by atoms with van der Waals surface area (Å²) in [6.45, 7) is 3.64. The van der Waals surface area contributed by atoms with Gasteiger partial charge in [-0.15, -0.1) is 0 Å². The van der Waals surface area contributed by atoms with Crippen molar-refractivity contribution in [3.63, 3.8) is 0 Å². The molecule has 5 heteroatoms. The van der Waals surface area contributed by atoms with Crippen molar-refractivity contribution in [2.24, 2.45) is 0 Å². The van der Waals surface area contributed by atoms with Gasteiger partial charge < -0.3 is 4.90 Å². The fraction of sp³-hybridized carbons (Fsp3) is 0.400. The molecule has 0 aliphatic carbocycles. The Morgan fingerprint density at radius 1 is 1.35 bits per heavy atom. The number of amides is 1. The Balaban J connectivity index is 2.00. The Morgan fingerprint density at radius 3 is 2.60 bits per heavy atom. The molecule has 20 heavy (non-hydrogen) atoms. The highest BCUT2D eigenvalue weighted by Crippen LogP contribution is 2.28.